The van der Waals surface area contributed by atoms with Crippen molar-refractivity contribution in [3.63, 3.8) is 0 Å². The zero-order valence-electron chi connectivity index (χ0n) is 10.6. The van der Waals surface area contributed by atoms with Crippen LogP contribution in [-0.4, -0.2) is 16.5 Å². The van der Waals surface area contributed by atoms with Crippen molar-refractivity contribution >= 4 is 0 Å². The van der Waals surface area contributed by atoms with Gasteiger partial charge in [-0.15, -0.1) is 0 Å². The van der Waals surface area contributed by atoms with Crippen LogP contribution in [0.4, 0.5) is 0 Å². The molecule has 0 amide bonds. The van der Waals surface area contributed by atoms with E-state index in [9.17, 15) is 5.11 Å². The Bertz CT molecular complexity index is 162. The summed E-state index contributed by atoms with van der Waals surface area (Å²) in [5, 5.41) is 10.2. The molecule has 0 aromatic heterocycles. The maximum absolute atomic E-state index is 10.2. The Labute approximate surface area is 88.7 Å². The minimum Gasteiger partial charge on any atom is -0.365 e. The van der Waals surface area contributed by atoms with Crippen LogP contribution < -0.4 is 0 Å². The van der Waals surface area contributed by atoms with Crippen molar-refractivity contribution in [2.24, 2.45) is 5.92 Å². The highest BCUT2D eigenvalue weighted by molar-refractivity contribution is 4.75. The van der Waals surface area contributed by atoms with Crippen LogP contribution in [0.1, 0.15) is 60.8 Å². The van der Waals surface area contributed by atoms with Gasteiger partial charge in [0.2, 0.25) is 0 Å². The van der Waals surface area contributed by atoms with E-state index >= 15 is 0 Å². The van der Waals surface area contributed by atoms with Crippen molar-refractivity contribution in [1.29, 1.82) is 0 Å². The third kappa shape index (κ3) is 4.43. The van der Waals surface area contributed by atoms with Gasteiger partial charge in [0.15, 0.2) is 5.79 Å². The van der Waals surface area contributed by atoms with Gasteiger partial charge in [0.05, 0.1) is 5.60 Å². The summed E-state index contributed by atoms with van der Waals surface area (Å²) in [7, 11) is 0. The topological polar surface area (TPSA) is 29.5 Å². The second-order valence-corrected chi connectivity index (χ2v) is 4.96. The first-order chi connectivity index (χ1) is 6.25. The van der Waals surface area contributed by atoms with Crippen LogP contribution >= 0.6 is 0 Å². The van der Waals surface area contributed by atoms with Crippen LogP contribution in [0.2, 0.25) is 0 Å². The van der Waals surface area contributed by atoms with Crippen LogP contribution in [0, 0.1) is 5.92 Å². The van der Waals surface area contributed by atoms with Crippen molar-refractivity contribution in [2.75, 3.05) is 0 Å². The van der Waals surface area contributed by atoms with Crippen molar-refractivity contribution in [3.05, 3.63) is 0 Å². The van der Waals surface area contributed by atoms with E-state index in [0.717, 1.165) is 19.3 Å². The SMILES string of the molecule is CCCC(C)C(C)(O)OC(C)(C)CC. The van der Waals surface area contributed by atoms with Gasteiger partial charge in [-0.2, -0.15) is 0 Å². The molecule has 14 heavy (non-hydrogen) atoms. The molecule has 0 aromatic carbocycles. The first kappa shape index (κ1) is 13.9. The maximum Gasteiger partial charge on any atom is 0.165 e. The van der Waals surface area contributed by atoms with Gasteiger partial charge in [0, 0.05) is 5.92 Å². The van der Waals surface area contributed by atoms with E-state index in [-0.39, 0.29) is 11.5 Å². The highest BCUT2D eigenvalue weighted by atomic mass is 16.6. The molecule has 1 N–H and O–H groups in total. The summed E-state index contributed by atoms with van der Waals surface area (Å²) in [5.74, 6) is -0.825. The molecule has 0 rings (SSSR count). The predicted octanol–water partition coefficient (Wildman–Crippen LogP) is 3.34. The Balaban J connectivity index is 4.31. The van der Waals surface area contributed by atoms with Gasteiger partial charge in [-0.25, -0.2) is 0 Å². The largest absolute Gasteiger partial charge is 0.365 e. The Morgan fingerprint density at radius 3 is 2.07 bits per heavy atom. The first-order valence-corrected chi connectivity index (χ1v) is 5.67. The Morgan fingerprint density at radius 1 is 1.21 bits per heavy atom. The highest BCUT2D eigenvalue weighted by Crippen LogP contribution is 2.29. The molecule has 0 spiro atoms. The van der Waals surface area contributed by atoms with E-state index in [1.807, 2.05) is 20.8 Å². The summed E-state index contributed by atoms with van der Waals surface area (Å²) < 4.78 is 5.74. The molecule has 0 fully saturated rings. The van der Waals surface area contributed by atoms with Crippen LogP contribution in [0.25, 0.3) is 0 Å². The fourth-order valence-corrected chi connectivity index (χ4v) is 1.43. The summed E-state index contributed by atoms with van der Waals surface area (Å²) in [6, 6.07) is 0. The molecular weight excluding hydrogens is 176 g/mol. The number of ether oxygens (including phenoxy) is 1. The fourth-order valence-electron chi connectivity index (χ4n) is 1.43. The number of hydrogen-bond donors (Lipinski definition) is 1. The van der Waals surface area contributed by atoms with Gasteiger partial charge >= 0.3 is 0 Å². The van der Waals surface area contributed by atoms with Crippen LogP contribution in [0.3, 0.4) is 0 Å². The minimum absolute atomic E-state index is 0.179. The molecule has 0 radical (unpaired) electrons. The van der Waals surface area contributed by atoms with Gasteiger partial charge in [-0.05, 0) is 33.6 Å². The van der Waals surface area contributed by atoms with E-state index < -0.39 is 5.79 Å². The van der Waals surface area contributed by atoms with E-state index in [1.165, 1.54) is 0 Å². The monoisotopic (exact) mass is 202 g/mol. The molecule has 0 heterocycles. The van der Waals surface area contributed by atoms with Gasteiger partial charge in [-0.3, -0.25) is 0 Å². The van der Waals surface area contributed by atoms with Gasteiger partial charge in [0.1, 0.15) is 0 Å². The average molecular weight is 202 g/mol. The zero-order chi connectivity index (χ0) is 11.4. The summed E-state index contributed by atoms with van der Waals surface area (Å²) in [4.78, 5) is 0. The van der Waals surface area contributed by atoms with E-state index in [1.54, 1.807) is 6.92 Å². The summed E-state index contributed by atoms with van der Waals surface area (Å²) >= 11 is 0. The second-order valence-electron chi connectivity index (χ2n) is 4.96. The first-order valence-electron chi connectivity index (χ1n) is 5.67. The maximum atomic E-state index is 10.2. The van der Waals surface area contributed by atoms with Crippen molar-refractivity contribution < 1.29 is 9.84 Å². The third-order valence-corrected chi connectivity index (χ3v) is 2.97. The van der Waals surface area contributed by atoms with Crippen LogP contribution in [0.5, 0.6) is 0 Å². The molecule has 2 heteroatoms. The third-order valence-electron chi connectivity index (χ3n) is 2.97. The van der Waals surface area contributed by atoms with Crippen molar-refractivity contribution in [3.8, 4) is 0 Å². The molecule has 2 atom stereocenters. The van der Waals surface area contributed by atoms with Crippen LogP contribution in [-0.2, 0) is 4.74 Å². The summed E-state index contributed by atoms with van der Waals surface area (Å²) in [6.07, 6.45) is 2.97. The molecule has 0 saturated carbocycles. The molecule has 0 aromatic rings. The summed E-state index contributed by atoms with van der Waals surface area (Å²) in [5.41, 5.74) is -0.245. The quantitative estimate of drug-likeness (QED) is 0.669. The van der Waals surface area contributed by atoms with Gasteiger partial charge in [-0.1, -0.05) is 27.2 Å². The molecule has 86 valence electrons. The summed E-state index contributed by atoms with van der Waals surface area (Å²) in [6.45, 7) is 12.0. The molecular formula is C12H26O2. The predicted molar refractivity (Wildman–Crippen MR) is 60.2 cm³/mol. The molecule has 0 aliphatic carbocycles. The van der Waals surface area contributed by atoms with E-state index in [0.29, 0.717) is 0 Å². The molecule has 0 aliphatic heterocycles. The van der Waals surface area contributed by atoms with Gasteiger partial charge in [0.25, 0.3) is 0 Å². The number of hydrogen-bond acceptors (Lipinski definition) is 2. The van der Waals surface area contributed by atoms with Gasteiger partial charge < -0.3 is 9.84 Å². The smallest absolute Gasteiger partial charge is 0.165 e. The van der Waals surface area contributed by atoms with E-state index in [2.05, 4.69) is 13.8 Å². The van der Waals surface area contributed by atoms with Crippen molar-refractivity contribution in [2.45, 2.75) is 72.2 Å². The fraction of sp³-hybridized carbons (Fsp3) is 1.00. The lowest BCUT2D eigenvalue weighted by molar-refractivity contribution is -0.272. The number of rotatable bonds is 6. The standard InChI is InChI=1S/C12H26O2/c1-7-9-10(3)12(6,13)14-11(4,5)8-2/h10,13H,7-9H2,1-6H3. The zero-order valence-corrected chi connectivity index (χ0v) is 10.6. The van der Waals surface area contributed by atoms with E-state index in [4.69, 9.17) is 4.74 Å². The second kappa shape index (κ2) is 5.13. The molecule has 2 nitrogen and oxygen atoms in total. The minimum atomic E-state index is -1.00. The lowest BCUT2D eigenvalue weighted by Gasteiger charge is -2.38. The normalized spacial score (nSPS) is 19.1. The highest BCUT2D eigenvalue weighted by Gasteiger charge is 2.34. The van der Waals surface area contributed by atoms with Crippen molar-refractivity contribution in [1.82, 2.24) is 0 Å². The number of aliphatic hydroxyl groups is 1. The average Bonchev–Trinajstić information content (AvgIpc) is 2.03. The molecule has 0 saturated heterocycles. The lowest BCUT2D eigenvalue weighted by Crippen LogP contribution is -2.43. The molecule has 0 aliphatic rings. The molecule has 0 bridgehead atoms. The Hall–Kier alpha value is -0.0800. The molecule has 2 unspecified atom stereocenters. The Kier molecular flexibility index (Phi) is 5.10. The lowest BCUT2D eigenvalue weighted by atomic mass is 9.95. The Morgan fingerprint density at radius 2 is 1.71 bits per heavy atom. The van der Waals surface area contributed by atoms with Crippen LogP contribution in [0.15, 0.2) is 0 Å².